The minimum Gasteiger partial charge on any atom is -0.489 e. The van der Waals surface area contributed by atoms with Crippen molar-refractivity contribution in [2.45, 2.75) is 12.5 Å². The number of aliphatic hydroxyl groups excluding tert-OH is 1. The fourth-order valence-corrected chi connectivity index (χ4v) is 1.92. The van der Waals surface area contributed by atoms with Gasteiger partial charge in [-0.15, -0.1) is 0 Å². The van der Waals surface area contributed by atoms with E-state index in [-0.39, 0.29) is 12.5 Å². The van der Waals surface area contributed by atoms with Crippen LogP contribution in [-0.4, -0.2) is 31.0 Å². The lowest BCUT2D eigenvalue weighted by atomic mass is 10.0. The Kier molecular flexibility index (Phi) is 4.04. The lowest BCUT2D eigenvalue weighted by Crippen LogP contribution is -2.27. The fourth-order valence-electron chi connectivity index (χ4n) is 1.73. The van der Waals surface area contributed by atoms with Crippen molar-refractivity contribution in [3.05, 3.63) is 29.3 Å². The lowest BCUT2D eigenvalue weighted by molar-refractivity contribution is 0.0500. The Hall–Kier alpha value is -0.770. The van der Waals surface area contributed by atoms with Crippen LogP contribution in [0.15, 0.2) is 24.3 Å². The molecular weight excluding hydrogens is 228 g/mol. The van der Waals surface area contributed by atoms with Crippen molar-refractivity contribution in [1.82, 2.24) is 0 Å². The van der Waals surface area contributed by atoms with Crippen LogP contribution in [0.25, 0.3) is 0 Å². The van der Waals surface area contributed by atoms with E-state index in [1.165, 1.54) is 0 Å². The topological polar surface area (TPSA) is 38.7 Å². The molecule has 1 fully saturated rings. The highest BCUT2D eigenvalue weighted by Crippen LogP contribution is 2.24. The Labute approximate surface area is 99.9 Å². The van der Waals surface area contributed by atoms with Gasteiger partial charge in [0.2, 0.25) is 0 Å². The summed E-state index contributed by atoms with van der Waals surface area (Å²) < 4.78 is 10.7. The quantitative estimate of drug-likeness (QED) is 0.879. The average molecular weight is 243 g/mol. The first-order valence-corrected chi connectivity index (χ1v) is 5.78. The molecule has 2 atom stereocenters. The van der Waals surface area contributed by atoms with Gasteiger partial charge in [0.05, 0.1) is 17.7 Å². The van der Waals surface area contributed by atoms with Gasteiger partial charge >= 0.3 is 0 Å². The number of aliphatic hydroxyl groups is 1. The summed E-state index contributed by atoms with van der Waals surface area (Å²) in [5.74, 6) is 0.796. The molecule has 0 radical (unpaired) electrons. The van der Waals surface area contributed by atoms with Crippen LogP contribution in [0.1, 0.15) is 6.42 Å². The zero-order valence-electron chi connectivity index (χ0n) is 8.93. The second kappa shape index (κ2) is 5.53. The van der Waals surface area contributed by atoms with E-state index in [1.807, 2.05) is 12.1 Å². The number of rotatable bonds is 4. The summed E-state index contributed by atoms with van der Waals surface area (Å²) in [7, 11) is 0. The first-order valence-electron chi connectivity index (χ1n) is 5.40. The molecule has 2 rings (SSSR count). The molecule has 1 aromatic carbocycles. The molecule has 88 valence electrons. The van der Waals surface area contributed by atoms with Gasteiger partial charge in [-0.2, -0.15) is 0 Å². The highest BCUT2D eigenvalue weighted by atomic mass is 35.5. The largest absolute Gasteiger partial charge is 0.489 e. The van der Waals surface area contributed by atoms with Crippen molar-refractivity contribution in [3.63, 3.8) is 0 Å². The predicted octanol–water partition coefficient (Wildman–Crippen LogP) is 2.12. The van der Waals surface area contributed by atoms with Crippen LogP contribution in [-0.2, 0) is 4.74 Å². The Morgan fingerprint density at radius 2 is 2.31 bits per heavy atom. The van der Waals surface area contributed by atoms with Crippen LogP contribution < -0.4 is 4.74 Å². The SMILES string of the molecule is OC(COc1ccccc1Cl)C1CCOC1. The average Bonchev–Trinajstić information content (AvgIpc) is 2.81. The molecule has 16 heavy (non-hydrogen) atoms. The summed E-state index contributed by atoms with van der Waals surface area (Å²) in [4.78, 5) is 0. The van der Waals surface area contributed by atoms with Crippen LogP contribution in [0.4, 0.5) is 0 Å². The summed E-state index contributed by atoms with van der Waals surface area (Å²) in [5.41, 5.74) is 0. The summed E-state index contributed by atoms with van der Waals surface area (Å²) in [6, 6.07) is 7.25. The van der Waals surface area contributed by atoms with Gasteiger partial charge in [-0.1, -0.05) is 23.7 Å². The van der Waals surface area contributed by atoms with Gasteiger partial charge in [0.15, 0.2) is 0 Å². The van der Waals surface area contributed by atoms with Crippen molar-refractivity contribution in [1.29, 1.82) is 0 Å². The maximum Gasteiger partial charge on any atom is 0.138 e. The van der Waals surface area contributed by atoms with Gasteiger partial charge in [0.1, 0.15) is 12.4 Å². The van der Waals surface area contributed by atoms with Crippen LogP contribution in [0.5, 0.6) is 5.75 Å². The first-order chi connectivity index (χ1) is 7.77. The monoisotopic (exact) mass is 242 g/mol. The molecule has 1 aliphatic heterocycles. The van der Waals surface area contributed by atoms with Crippen LogP contribution in [0.2, 0.25) is 5.02 Å². The van der Waals surface area contributed by atoms with Gasteiger partial charge < -0.3 is 14.6 Å². The van der Waals surface area contributed by atoms with E-state index < -0.39 is 6.10 Å². The summed E-state index contributed by atoms with van der Waals surface area (Å²) in [5, 5.41) is 10.4. The predicted molar refractivity (Wildman–Crippen MR) is 61.9 cm³/mol. The molecule has 0 spiro atoms. The summed E-state index contributed by atoms with van der Waals surface area (Å²) in [6.07, 6.45) is 0.409. The lowest BCUT2D eigenvalue weighted by Gasteiger charge is -2.17. The molecule has 4 heteroatoms. The molecule has 1 N–H and O–H groups in total. The number of ether oxygens (including phenoxy) is 2. The maximum absolute atomic E-state index is 9.85. The smallest absolute Gasteiger partial charge is 0.138 e. The normalized spacial score (nSPS) is 22.0. The van der Waals surface area contributed by atoms with Gasteiger partial charge in [-0.3, -0.25) is 0 Å². The van der Waals surface area contributed by atoms with E-state index >= 15 is 0 Å². The molecule has 0 amide bonds. The molecule has 0 saturated carbocycles. The Balaban J connectivity index is 1.84. The van der Waals surface area contributed by atoms with Crippen molar-refractivity contribution >= 4 is 11.6 Å². The molecule has 1 heterocycles. The van der Waals surface area contributed by atoms with Gasteiger partial charge in [0, 0.05) is 12.5 Å². The van der Waals surface area contributed by atoms with Gasteiger partial charge in [-0.25, -0.2) is 0 Å². The number of para-hydroxylation sites is 1. The third-order valence-corrected chi connectivity index (χ3v) is 3.07. The molecule has 0 aromatic heterocycles. The summed E-state index contributed by atoms with van der Waals surface area (Å²) >= 11 is 5.94. The highest BCUT2D eigenvalue weighted by Gasteiger charge is 2.24. The number of benzene rings is 1. The number of halogens is 1. The molecular formula is C12H15ClO3. The third-order valence-electron chi connectivity index (χ3n) is 2.76. The van der Waals surface area contributed by atoms with E-state index in [0.29, 0.717) is 17.4 Å². The molecule has 0 aliphatic carbocycles. The van der Waals surface area contributed by atoms with Crippen LogP contribution >= 0.6 is 11.6 Å². The molecule has 1 saturated heterocycles. The fraction of sp³-hybridized carbons (Fsp3) is 0.500. The van der Waals surface area contributed by atoms with E-state index in [9.17, 15) is 5.11 Å². The minimum atomic E-state index is -0.487. The third kappa shape index (κ3) is 2.88. The Morgan fingerprint density at radius 1 is 1.50 bits per heavy atom. The van der Waals surface area contributed by atoms with Gasteiger partial charge in [-0.05, 0) is 18.6 Å². The standard InChI is InChI=1S/C12H15ClO3/c13-10-3-1-2-4-12(10)16-8-11(14)9-5-6-15-7-9/h1-4,9,11,14H,5-8H2. The maximum atomic E-state index is 9.85. The zero-order chi connectivity index (χ0) is 11.4. The van der Waals surface area contributed by atoms with Crippen LogP contribution in [0, 0.1) is 5.92 Å². The second-order valence-corrected chi connectivity index (χ2v) is 4.34. The number of hydrogen-bond acceptors (Lipinski definition) is 3. The highest BCUT2D eigenvalue weighted by molar-refractivity contribution is 6.32. The second-order valence-electron chi connectivity index (χ2n) is 3.93. The Bertz CT molecular complexity index is 337. The molecule has 3 nitrogen and oxygen atoms in total. The summed E-state index contributed by atoms with van der Waals surface area (Å²) in [6.45, 7) is 1.61. The molecule has 1 aromatic rings. The van der Waals surface area contributed by atoms with Gasteiger partial charge in [0.25, 0.3) is 0 Å². The minimum absolute atomic E-state index is 0.183. The van der Waals surface area contributed by atoms with Crippen molar-refractivity contribution in [3.8, 4) is 5.75 Å². The zero-order valence-corrected chi connectivity index (χ0v) is 9.69. The van der Waals surface area contributed by atoms with Crippen molar-refractivity contribution in [2.75, 3.05) is 19.8 Å². The molecule has 0 bridgehead atoms. The van der Waals surface area contributed by atoms with E-state index in [4.69, 9.17) is 21.1 Å². The molecule has 2 unspecified atom stereocenters. The van der Waals surface area contributed by atoms with E-state index in [1.54, 1.807) is 12.1 Å². The first kappa shape index (κ1) is 11.7. The molecule has 1 aliphatic rings. The van der Waals surface area contributed by atoms with E-state index in [0.717, 1.165) is 13.0 Å². The van der Waals surface area contributed by atoms with Crippen molar-refractivity contribution in [2.24, 2.45) is 5.92 Å². The van der Waals surface area contributed by atoms with Crippen molar-refractivity contribution < 1.29 is 14.6 Å². The van der Waals surface area contributed by atoms with E-state index in [2.05, 4.69) is 0 Å². The number of hydrogen-bond donors (Lipinski definition) is 1. The Morgan fingerprint density at radius 3 is 3.00 bits per heavy atom. The van der Waals surface area contributed by atoms with Crippen LogP contribution in [0.3, 0.4) is 0 Å².